The molecule has 0 radical (unpaired) electrons. The second-order valence-corrected chi connectivity index (χ2v) is 6.91. The molecule has 3 heteroatoms. The minimum atomic E-state index is 0.0860. The van der Waals surface area contributed by atoms with Gasteiger partial charge in [-0.2, -0.15) is 0 Å². The minimum absolute atomic E-state index is 0.0860. The molecule has 0 bridgehead atoms. The third-order valence-electron chi connectivity index (χ3n) is 4.61. The van der Waals surface area contributed by atoms with Crippen molar-refractivity contribution in [1.29, 1.82) is 0 Å². The zero-order valence-electron chi connectivity index (χ0n) is 11.9. The summed E-state index contributed by atoms with van der Waals surface area (Å²) in [5.74, 6) is 0. The molecule has 2 aromatic carbocycles. The third kappa shape index (κ3) is 3.11. The topological polar surface area (TPSA) is 26.0 Å². The highest BCUT2D eigenvalue weighted by molar-refractivity contribution is 6.33. The van der Waals surface area contributed by atoms with Crippen molar-refractivity contribution in [3.8, 4) is 0 Å². The molecule has 1 atom stereocenters. The molecule has 2 aromatic rings. The average Bonchev–Trinajstić information content (AvgIpc) is 2.51. The van der Waals surface area contributed by atoms with E-state index < -0.39 is 0 Å². The van der Waals surface area contributed by atoms with Gasteiger partial charge < -0.3 is 5.73 Å². The van der Waals surface area contributed by atoms with Crippen molar-refractivity contribution in [3.05, 3.63) is 69.2 Å². The van der Waals surface area contributed by atoms with E-state index in [9.17, 15) is 0 Å². The summed E-state index contributed by atoms with van der Waals surface area (Å²) in [5.41, 5.74) is 10.2. The summed E-state index contributed by atoms with van der Waals surface area (Å²) in [4.78, 5) is 0. The Hall–Kier alpha value is -1.02. The first kappa shape index (κ1) is 14.9. The first-order valence-electron chi connectivity index (χ1n) is 7.33. The molecule has 0 saturated carbocycles. The molecule has 1 aliphatic rings. The van der Waals surface area contributed by atoms with E-state index in [2.05, 4.69) is 24.3 Å². The van der Waals surface area contributed by atoms with Crippen LogP contribution in [0.4, 0.5) is 0 Å². The van der Waals surface area contributed by atoms with Gasteiger partial charge in [-0.25, -0.2) is 0 Å². The van der Waals surface area contributed by atoms with E-state index in [1.165, 1.54) is 11.1 Å². The lowest BCUT2D eigenvalue weighted by atomic mass is 9.68. The zero-order valence-corrected chi connectivity index (χ0v) is 13.4. The summed E-state index contributed by atoms with van der Waals surface area (Å²) >= 11 is 12.4. The molecule has 0 aromatic heterocycles. The first-order chi connectivity index (χ1) is 10.1. The number of hydrogen-bond donors (Lipinski definition) is 1. The van der Waals surface area contributed by atoms with Crippen LogP contribution in [0.2, 0.25) is 10.0 Å². The van der Waals surface area contributed by atoms with Crippen LogP contribution in [0.15, 0.2) is 42.5 Å². The predicted molar refractivity (Wildman–Crippen MR) is 90.1 cm³/mol. The third-order valence-corrected chi connectivity index (χ3v) is 5.22. The van der Waals surface area contributed by atoms with Crippen LogP contribution in [0.3, 0.4) is 0 Å². The predicted octanol–water partition coefficient (Wildman–Crippen LogP) is 4.67. The van der Waals surface area contributed by atoms with E-state index in [4.69, 9.17) is 28.9 Å². The average molecular weight is 320 g/mol. The second kappa shape index (κ2) is 6.00. The van der Waals surface area contributed by atoms with E-state index in [1.807, 2.05) is 18.2 Å². The van der Waals surface area contributed by atoms with Gasteiger partial charge in [0.05, 0.1) is 0 Å². The van der Waals surface area contributed by atoms with Crippen LogP contribution < -0.4 is 5.73 Å². The molecule has 110 valence electrons. The molecule has 0 aliphatic heterocycles. The van der Waals surface area contributed by atoms with Gasteiger partial charge in [-0.15, -0.1) is 0 Å². The molecule has 0 amide bonds. The monoisotopic (exact) mass is 319 g/mol. The highest BCUT2D eigenvalue weighted by Gasteiger charge is 2.33. The standard InChI is InChI=1S/C18H19Cl2N/c19-16-5-6-17(20)15(9-16)11-18(12-21)8-7-13-3-1-2-4-14(13)10-18/h1-6,9H,7-8,10-12,21H2. The van der Waals surface area contributed by atoms with Crippen LogP contribution in [-0.2, 0) is 19.3 Å². The van der Waals surface area contributed by atoms with Crippen molar-refractivity contribution in [1.82, 2.24) is 0 Å². The number of benzene rings is 2. The lowest BCUT2D eigenvalue weighted by molar-refractivity contribution is 0.254. The maximum atomic E-state index is 6.34. The Kier molecular flexibility index (Phi) is 4.26. The van der Waals surface area contributed by atoms with Crippen molar-refractivity contribution in [3.63, 3.8) is 0 Å². The van der Waals surface area contributed by atoms with Gasteiger partial charge in [0.2, 0.25) is 0 Å². The van der Waals surface area contributed by atoms with Crippen LogP contribution in [0, 0.1) is 5.41 Å². The molecular formula is C18H19Cl2N. The van der Waals surface area contributed by atoms with E-state index >= 15 is 0 Å². The molecule has 2 N–H and O–H groups in total. The van der Waals surface area contributed by atoms with Crippen molar-refractivity contribution in [2.75, 3.05) is 6.54 Å². The van der Waals surface area contributed by atoms with Gasteiger partial charge in [-0.1, -0.05) is 47.5 Å². The summed E-state index contributed by atoms with van der Waals surface area (Å²) in [6, 6.07) is 14.3. The SMILES string of the molecule is NCC1(Cc2cc(Cl)ccc2Cl)CCc2ccccc2C1. The van der Waals surface area contributed by atoms with Gasteiger partial charge in [0.1, 0.15) is 0 Å². The minimum Gasteiger partial charge on any atom is -0.330 e. The molecule has 0 fully saturated rings. The number of fused-ring (bicyclic) bond motifs is 1. The van der Waals surface area contributed by atoms with Crippen molar-refractivity contribution in [2.45, 2.75) is 25.7 Å². The summed E-state index contributed by atoms with van der Waals surface area (Å²) < 4.78 is 0. The summed E-state index contributed by atoms with van der Waals surface area (Å²) in [5, 5.41) is 1.52. The molecule has 0 heterocycles. The van der Waals surface area contributed by atoms with Gasteiger partial charge in [0, 0.05) is 10.0 Å². The fourth-order valence-electron chi connectivity index (χ4n) is 3.35. The quantitative estimate of drug-likeness (QED) is 0.874. The van der Waals surface area contributed by atoms with Crippen LogP contribution in [0.25, 0.3) is 0 Å². The van der Waals surface area contributed by atoms with Crippen LogP contribution in [0.1, 0.15) is 23.1 Å². The molecule has 1 aliphatic carbocycles. The van der Waals surface area contributed by atoms with Crippen molar-refractivity contribution >= 4 is 23.2 Å². The zero-order chi connectivity index (χ0) is 14.9. The van der Waals surface area contributed by atoms with Gasteiger partial charge in [-0.05, 0) is 72.5 Å². The van der Waals surface area contributed by atoms with Crippen LogP contribution in [-0.4, -0.2) is 6.54 Å². The maximum absolute atomic E-state index is 6.34. The number of halogens is 2. The lowest BCUT2D eigenvalue weighted by Crippen LogP contribution is -2.38. The molecule has 21 heavy (non-hydrogen) atoms. The fraction of sp³-hybridized carbons (Fsp3) is 0.333. The van der Waals surface area contributed by atoms with Gasteiger partial charge in [-0.3, -0.25) is 0 Å². The maximum Gasteiger partial charge on any atom is 0.0439 e. The Bertz CT molecular complexity index is 653. The molecule has 1 nitrogen and oxygen atoms in total. The molecule has 0 spiro atoms. The van der Waals surface area contributed by atoms with Gasteiger partial charge >= 0.3 is 0 Å². The number of nitrogens with two attached hydrogens (primary N) is 1. The van der Waals surface area contributed by atoms with E-state index in [1.54, 1.807) is 0 Å². The number of rotatable bonds is 3. The Balaban J connectivity index is 1.90. The van der Waals surface area contributed by atoms with Crippen LogP contribution in [0.5, 0.6) is 0 Å². The normalized spacial score (nSPS) is 21.1. The lowest BCUT2D eigenvalue weighted by Gasteiger charge is -2.38. The highest BCUT2D eigenvalue weighted by Crippen LogP contribution is 2.39. The Morgan fingerprint density at radius 3 is 2.57 bits per heavy atom. The smallest absolute Gasteiger partial charge is 0.0439 e. The number of aryl methyl sites for hydroxylation is 1. The Morgan fingerprint density at radius 2 is 1.81 bits per heavy atom. The van der Waals surface area contributed by atoms with E-state index in [0.717, 1.165) is 41.3 Å². The molecule has 1 unspecified atom stereocenters. The van der Waals surface area contributed by atoms with Gasteiger partial charge in [0.15, 0.2) is 0 Å². The summed E-state index contributed by atoms with van der Waals surface area (Å²) in [7, 11) is 0. The van der Waals surface area contributed by atoms with Gasteiger partial charge in [0.25, 0.3) is 0 Å². The van der Waals surface area contributed by atoms with E-state index in [-0.39, 0.29) is 5.41 Å². The van der Waals surface area contributed by atoms with Crippen molar-refractivity contribution < 1.29 is 0 Å². The van der Waals surface area contributed by atoms with E-state index in [0.29, 0.717) is 6.54 Å². The highest BCUT2D eigenvalue weighted by atomic mass is 35.5. The van der Waals surface area contributed by atoms with Crippen LogP contribution >= 0.6 is 23.2 Å². The Morgan fingerprint density at radius 1 is 1.05 bits per heavy atom. The van der Waals surface area contributed by atoms with Crippen molar-refractivity contribution in [2.24, 2.45) is 11.1 Å². The molecule has 3 rings (SSSR count). The Labute approximate surface area is 136 Å². The summed E-state index contributed by atoms with van der Waals surface area (Å²) in [6.45, 7) is 0.671. The molecular weight excluding hydrogens is 301 g/mol. The number of hydrogen-bond acceptors (Lipinski definition) is 1. The molecule has 0 saturated heterocycles. The fourth-order valence-corrected chi connectivity index (χ4v) is 3.73. The largest absolute Gasteiger partial charge is 0.330 e. The first-order valence-corrected chi connectivity index (χ1v) is 8.08. The second-order valence-electron chi connectivity index (χ2n) is 6.06. The summed E-state index contributed by atoms with van der Waals surface area (Å²) in [6.07, 6.45) is 4.09.